The second-order valence-corrected chi connectivity index (χ2v) is 9.22. The first-order chi connectivity index (χ1) is 15.4. The number of hydrogen-bond acceptors (Lipinski definition) is 10. The normalized spacial score (nSPS) is 17.8. The number of nitrogens with one attached hydrogen (secondary N) is 1. The number of benzene rings is 1. The van der Waals surface area contributed by atoms with Gasteiger partial charge in [-0.3, -0.25) is 24.5 Å². The fourth-order valence-corrected chi connectivity index (χ4v) is 4.65. The summed E-state index contributed by atoms with van der Waals surface area (Å²) in [5.41, 5.74) is 6.14. The van der Waals surface area contributed by atoms with Crippen LogP contribution in [0.2, 0.25) is 0 Å². The molecule has 0 aliphatic carbocycles. The number of anilines is 1. The van der Waals surface area contributed by atoms with E-state index in [1.54, 1.807) is 6.92 Å². The molecule has 13 nitrogen and oxygen atoms in total. The molecule has 2 aromatic rings. The highest BCUT2D eigenvalue weighted by atomic mass is 32.2. The number of ether oxygens (including phenoxy) is 1. The van der Waals surface area contributed by atoms with Gasteiger partial charge in [-0.05, 0) is 44.0 Å². The van der Waals surface area contributed by atoms with Crippen LogP contribution < -0.4 is 10.5 Å². The Morgan fingerprint density at radius 2 is 1.97 bits per heavy atom. The summed E-state index contributed by atoms with van der Waals surface area (Å²) in [7, 11) is -4.28. The quantitative estimate of drug-likeness (QED) is 0.183. The maximum absolute atomic E-state index is 12.9. The molecular formula is C19H21N5O8S. The third-order valence-electron chi connectivity index (χ3n) is 4.70. The first-order valence-electron chi connectivity index (χ1n) is 9.54. The van der Waals surface area contributed by atoms with Crippen LogP contribution in [-0.4, -0.2) is 46.7 Å². The summed E-state index contributed by atoms with van der Waals surface area (Å²) >= 11 is 0. The number of likely N-dealkylation sites (tertiary alicyclic amines) is 1. The molecule has 1 aliphatic heterocycles. The van der Waals surface area contributed by atoms with E-state index in [1.165, 1.54) is 44.2 Å². The molecule has 1 aliphatic rings. The number of sulfonamides is 1. The molecule has 1 aromatic carbocycles. The lowest BCUT2D eigenvalue weighted by Crippen LogP contribution is -2.72. The number of aryl methyl sites for hydroxylation is 1. The minimum absolute atomic E-state index is 0.0986. The van der Waals surface area contributed by atoms with Crippen molar-refractivity contribution in [3.05, 3.63) is 63.0 Å². The van der Waals surface area contributed by atoms with Crippen LogP contribution >= 0.6 is 0 Å². The van der Waals surface area contributed by atoms with E-state index in [9.17, 15) is 28.1 Å². The predicted octanol–water partition coefficient (Wildman–Crippen LogP) is 1.17. The molecule has 0 radical (unpaired) electrons. The molecule has 3 rings (SSSR count). The van der Waals surface area contributed by atoms with E-state index in [1.807, 2.05) is 0 Å². The lowest BCUT2D eigenvalue weighted by atomic mass is 10.1. The number of aromatic nitrogens is 1. The van der Waals surface area contributed by atoms with Crippen LogP contribution in [0.25, 0.3) is 0 Å². The van der Waals surface area contributed by atoms with Gasteiger partial charge in [0, 0.05) is 18.2 Å². The molecule has 1 aromatic heterocycles. The Bertz CT molecular complexity index is 1230. The number of non-ortho nitro benzene ring substituents is 1. The number of rotatable bonds is 8. The number of nitro benzene ring substituents is 1. The van der Waals surface area contributed by atoms with Crippen LogP contribution in [0.4, 0.5) is 11.5 Å². The van der Waals surface area contributed by atoms with Crippen molar-refractivity contribution in [2.45, 2.75) is 38.8 Å². The Kier molecular flexibility index (Phi) is 6.51. The van der Waals surface area contributed by atoms with Crippen LogP contribution in [0.3, 0.4) is 0 Å². The molecular weight excluding hydrogens is 458 g/mol. The molecule has 1 saturated heterocycles. The standard InChI is InChI=1S/C19H21N5O8S/c1-10(2)16(19(26)31-9-12-4-6-13(7-5-12)24(27)28)23-17(25)15(20)18(23)33(29,30)22-14-8-11(3)32-21-14/h4-8,15,18H,9,20H2,1-3H3,(H,21,22)/t15-,18-/m1/s1. The Balaban J connectivity index is 1.79. The molecule has 2 atom stereocenters. The van der Waals surface area contributed by atoms with Crippen molar-refractivity contribution in [1.29, 1.82) is 0 Å². The van der Waals surface area contributed by atoms with Gasteiger partial charge in [-0.15, -0.1) is 0 Å². The number of allylic oxidation sites excluding steroid dienone is 1. The van der Waals surface area contributed by atoms with Crippen LogP contribution in [0, 0.1) is 17.0 Å². The summed E-state index contributed by atoms with van der Waals surface area (Å²) in [5, 5.41) is 12.7. The van der Waals surface area contributed by atoms with Gasteiger partial charge in [-0.1, -0.05) is 5.16 Å². The molecule has 14 heteroatoms. The van der Waals surface area contributed by atoms with E-state index in [0.717, 1.165) is 4.90 Å². The predicted molar refractivity (Wildman–Crippen MR) is 114 cm³/mol. The van der Waals surface area contributed by atoms with E-state index >= 15 is 0 Å². The first-order valence-corrected chi connectivity index (χ1v) is 11.1. The molecule has 0 spiro atoms. The smallest absolute Gasteiger partial charge is 0.355 e. The van der Waals surface area contributed by atoms with Crippen LogP contribution in [0.1, 0.15) is 25.2 Å². The van der Waals surface area contributed by atoms with Gasteiger partial charge in [-0.25, -0.2) is 13.2 Å². The lowest BCUT2D eigenvalue weighted by molar-refractivity contribution is -0.384. The highest BCUT2D eigenvalue weighted by Gasteiger charge is 2.56. The van der Waals surface area contributed by atoms with Crippen LogP contribution in [-0.2, 0) is 31.0 Å². The lowest BCUT2D eigenvalue weighted by Gasteiger charge is -2.44. The minimum atomic E-state index is -4.28. The van der Waals surface area contributed by atoms with E-state index in [-0.39, 0.29) is 23.8 Å². The maximum Gasteiger partial charge on any atom is 0.355 e. The Hall–Kier alpha value is -3.78. The number of esters is 1. The Morgan fingerprint density at radius 3 is 2.48 bits per heavy atom. The van der Waals surface area contributed by atoms with Crippen molar-refractivity contribution in [3.63, 3.8) is 0 Å². The third-order valence-corrected chi connectivity index (χ3v) is 6.34. The Labute approximate surface area is 188 Å². The van der Waals surface area contributed by atoms with Gasteiger partial charge in [0.1, 0.15) is 24.1 Å². The van der Waals surface area contributed by atoms with Crippen LogP contribution in [0.5, 0.6) is 0 Å². The van der Waals surface area contributed by atoms with Gasteiger partial charge >= 0.3 is 5.97 Å². The molecule has 1 fully saturated rings. The number of nitrogens with two attached hydrogens (primary N) is 1. The van der Waals surface area contributed by atoms with Crippen LogP contribution in [0.15, 0.2) is 46.1 Å². The number of carbonyl (C=O) groups is 2. The number of nitrogens with zero attached hydrogens (tertiary/aromatic N) is 3. The fraction of sp³-hybridized carbons (Fsp3) is 0.316. The highest BCUT2D eigenvalue weighted by molar-refractivity contribution is 7.93. The van der Waals surface area contributed by atoms with E-state index < -0.39 is 38.2 Å². The maximum atomic E-state index is 12.9. The second kappa shape index (κ2) is 8.99. The third kappa shape index (κ3) is 4.85. The van der Waals surface area contributed by atoms with Crippen molar-refractivity contribution >= 4 is 33.4 Å². The number of β-lactam (4-membered cyclic amide) rings is 1. The molecule has 176 valence electrons. The molecule has 0 saturated carbocycles. The summed E-state index contributed by atoms with van der Waals surface area (Å²) in [6.45, 7) is 4.34. The summed E-state index contributed by atoms with van der Waals surface area (Å²) in [6, 6.07) is 5.26. The zero-order valence-electron chi connectivity index (χ0n) is 17.8. The monoisotopic (exact) mass is 479 g/mol. The largest absolute Gasteiger partial charge is 0.456 e. The molecule has 0 unspecified atom stereocenters. The van der Waals surface area contributed by atoms with E-state index in [4.69, 9.17) is 15.0 Å². The van der Waals surface area contributed by atoms with Gasteiger partial charge in [0.15, 0.2) is 11.2 Å². The molecule has 0 bridgehead atoms. The fourth-order valence-electron chi connectivity index (χ4n) is 3.15. The van der Waals surface area contributed by atoms with Gasteiger partial charge in [0.2, 0.25) is 5.91 Å². The molecule has 3 N–H and O–H groups in total. The number of carbonyl (C=O) groups excluding carboxylic acids is 2. The Morgan fingerprint density at radius 1 is 1.33 bits per heavy atom. The number of nitro groups is 1. The summed E-state index contributed by atoms with van der Waals surface area (Å²) in [6.07, 6.45) is 0. The molecule has 33 heavy (non-hydrogen) atoms. The summed E-state index contributed by atoms with van der Waals surface area (Å²) < 4.78 is 38.0. The molecule has 2 heterocycles. The van der Waals surface area contributed by atoms with Crippen molar-refractivity contribution in [2.75, 3.05) is 4.72 Å². The minimum Gasteiger partial charge on any atom is -0.456 e. The number of hydrogen-bond donors (Lipinski definition) is 2. The average molecular weight is 479 g/mol. The van der Waals surface area contributed by atoms with Crippen molar-refractivity contribution in [2.24, 2.45) is 5.73 Å². The first kappa shape index (κ1) is 23.9. The zero-order valence-corrected chi connectivity index (χ0v) is 18.7. The average Bonchev–Trinajstić information content (AvgIpc) is 3.14. The zero-order chi connectivity index (χ0) is 24.5. The van der Waals surface area contributed by atoms with Gasteiger partial charge < -0.3 is 15.0 Å². The van der Waals surface area contributed by atoms with E-state index in [0.29, 0.717) is 16.9 Å². The summed E-state index contributed by atoms with van der Waals surface area (Å²) in [5.74, 6) is -1.46. The van der Waals surface area contributed by atoms with E-state index in [2.05, 4.69) is 9.88 Å². The van der Waals surface area contributed by atoms with Crippen molar-refractivity contribution in [3.8, 4) is 0 Å². The van der Waals surface area contributed by atoms with Crippen molar-refractivity contribution < 1.29 is 32.2 Å². The molecule has 1 amide bonds. The SMILES string of the molecule is CC(C)=C(C(=O)OCc1ccc([N+](=O)[O-])cc1)N1C(=O)[C@@H](N)[C@H]1S(=O)(=O)Nc1cc(C)on1. The highest BCUT2D eigenvalue weighted by Crippen LogP contribution is 2.31. The number of amides is 1. The summed E-state index contributed by atoms with van der Waals surface area (Å²) in [4.78, 5) is 36.2. The van der Waals surface area contributed by atoms with Gasteiger partial charge in [0.05, 0.1) is 4.92 Å². The topological polar surface area (TPSA) is 188 Å². The second-order valence-electron chi connectivity index (χ2n) is 7.44. The van der Waals surface area contributed by atoms with Crippen molar-refractivity contribution in [1.82, 2.24) is 10.1 Å². The van der Waals surface area contributed by atoms with Gasteiger partial charge in [-0.2, -0.15) is 0 Å². The van der Waals surface area contributed by atoms with Gasteiger partial charge in [0.25, 0.3) is 15.7 Å².